The summed E-state index contributed by atoms with van der Waals surface area (Å²) in [5, 5.41) is 0. The van der Waals surface area contributed by atoms with E-state index in [2.05, 4.69) is 12.1 Å². The van der Waals surface area contributed by atoms with Crippen LogP contribution in [0.3, 0.4) is 0 Å². The molecule has 2 N–H and O–H groups in total. The number of nitrogens with two attached hydrogens (primary N) is 1. The quantitative estimate of drug-likeness (QED) is 0.746. The molecular formula is C11H15NO. The Labute approximate surface area is 78.7 Å². The van der Waals surface area contributed by atoms with Gasteiger partial charge in [-0.3, -0.25) is 0 Å². The lowest BCUT2D eigenvalue weighted by atomic mass is 9.96. The first-order valence-electron chi connectivity index (χ1n) is 4.78. The van der Waals surface area contributed by atoms with Crippen molar-refractivity contribution in [2.45, 2.75) is 12.5 Å². The maximum atomic E-state index is 5.68. The van der Waals surface area contributed by atoms with E-state index >= 15 is 0 Å². The Bertz CT molecular complexity index is 260. The van der Waals surface area contributed by atoms with Gasteiger partial charge in [0.1, 0.15) is 0 Å². The molecule has 0 amide bonds. The van der Waals surface area contributed by atoms with E-state index in [1.165, 1.54) is 5.56 Å². The summed E-state index contributed by atoms with van der Waals surface area (Å²) >= 11 is 0. The zero-order chi connectivity index (χ0) is 9.10. The zero-order valence-corrected chi connectivity index (χ0v) is 7.65. The lowest BCUT2D eigenvalue weighted by Crippen LogP contribution is -2.17. The number of hydrogen-bond acceptors (Lipinski definition) is 2. The summed E-state index contributed by atoms with van der Waals surface area (Å²) in [6.45, 7) is 1.57. The maximum Gasteiger partial charge on any atom is 0.0865 e. The van der Waals surface area contributed by atoms with Crippen molar-refractivity contribution in [3.8, 4) is 0 Å². The van der Waals surface area contributed by atoms with Crippen LogP contribution >= 0.6 is 0 Å². The monoisotopic (exact) mass is 177 g/mol. The van der Waals surface area contributed by atoms with Gasteiger partial charge in [-0.05, 0) is 18.5 Å². The van der Waals surface area contributed by atoms with Crippen molar-refractivity contribution in [3.63, 3.8) is 0 Å². The van der Waals surface area contributed by atoms with Crippen LogP contribution in [0.2, 0.25) is 0 Å². The fourth-order valence-electron chi connectivity index (χ4n) is 1.89. The molecule has 0 unspecified atom stereocenters. The van der Waals surface area contributed by atoms with Gasteiger partial charge in [0.2, 0.25) is 0 Å². The van der Waals surface area contributed by atoms with Crippen LogP contribution in [-0.4, -0.2) is 13.2 Å². The van der Waals surface area contributed by atoms with Crippen LogP contribution in [-0.2, 0) is 4.74 Å². The molecule has 0 bridgehead atoms. The lowest BCUT2D eigenvalue weighted by Gasteiger charge is -2.16. The molecule has 2 nitrogen and oxygen atoms in total. The molecule has 70 valence electrons. The van der Waals surface area contributed by atoms with Crippen molar-refractivity contribution >= 4 is 0 Å². The number of benzene rings is 1. The molecule has 0 spiro atoms. The second kappa shape index (κ2) is 3.90. The number of ether oxygens (including phenoxy) is 1. The molecule has 13 heavy (non-hydrogen) atoms. The van der Waals surface area contributed by atoms with Gasteiger partial charge in [0, 0.05) is 12.5 Å². The van der Waals surface area contributed by atoms with Gasteiger partial charge in [-0.15, -0.1) is 0 Å². The summed E-state index contributed by atoms with van der Waals surface area (Å²) in [7, 11) is 0. The van der Waals surface area contributed by atoms with Gasteiger partial charge in [-0.1, -0.05) is 30.3 Å². The summed E-state index contributed by atoms with van der Waals surface area (Å²) in [6, 6.07) is 10.3. The molecule has 2 heteroatoms. The van der Waals surface area contributed by atoms with Crippen LogP contribution in [0.1, 0.15) is 18.1 Å². The average molecular weight is 177 g/mol. The molecule has 1 aromatic rings. The second-order valence-corrected chi connectivity index (χ2v) is 3.49. The summed E-state index contributed by atoms with van der Waals surface area (Å²) in [6.07, 6.45) is 1.32. The Morgan fingerprint density at radius 1 is 1.31 bits per heavy atom. The van der Waals surface area contributed by atoms with Gasteiger partial charge in [-0.2, -0.15) is 0 Å². The van der Waals surface area contributed by atoms with Crippen molar-refractivity contribution in [3.05, 3.63) is 35.9 Å². The highest BCUT2D eigenvalue weighted by Gasteiger charge is 2.27. The Hall–Kier alpha value is -0.860. The van der Waals surface area contributed by atoms with Crippen molar-refractivity contribution in [2.75, 3.05) is 13.2 Å². The van der Waals surface area contributed by atoms with Crippen molar-refractivity contribution in [1.82, 2.24) is 0 Å². The molecule has 1 saturated heterocycles. The molecule has 0 radical (unpaired) electrons. The van der Waals surface area contributed by atoms with Crippen LogP contribution in [0.5, 0.6) is 0 Å². The maximum absolute atomic E-state index is 5.68. The van der Waals surface area contributed by atoms with Crippen molar-refractivity contribution < 1.29 is 4.74 Å². The van der Waals surface area contributed by atoms with E-state index in [1.54, 1.807) is 0 Å². The highest BCUT2D eigenvalue weighted by molar-refractivity contribution is 5.19. The molecule has 1 fully saturated rings. The van der Waals surface area contributed by atoms with E-state index in [9.17, 15) is 0 Å². The van der Waals surface area contributed by atoms with E-state index in [-0.39, 0.29) is 6.10 Å². The van der Waals surface area contributed by atoms with Gasteiger partial charge in [0.05, 0.1) is 6.10 Å². The highest BCUT2D eigenvalue weighted by atomic mass is 16.5. The second-order valence-electron chi connectivity index (χ2n) is 3.49. The van der Waals surface area contributed by atoms with Gasteiger partial charge in [0.15, 0.2) is 0 Å². The van der Waals surface area contributed by atoms with Crippen LogP contribution in [0, 0.1) is 5.92 Å². The molecule has 0 aromatic heterocycles. The Kier molecular flexibility index (Phi) is 2.62. The fourth-order valence-corrected chi connectivity index (χ4v) is 1.89. The van der Waals surface area contributed by atoms with E-state index < -0.39 is 0 Å². The smallest absolute Gasteiger partial charge is 0.0865 e. The Balaban J connectivity index is 2.16. The summed E-state index contributed by atoms with van der Waals surface area (Å²) in [4.78, 5) is 0. The molecule has 2 rings (SSSR count). The van der Waals surface area contributed by atoms with Gasteiger partial charge in [-0.25, -0.2) is 0 Å². The Morgan fingerprint density at radius 2 is 2.08 bits per heavy atom. The third-order valence-corrected chi connectivity index (χ3v) is 2.65. The average Bonchev–Trinajstić information content (AvgIpc) is 2.67. The molecule has 1 aliphatic rings. The first kappa shape index (κ1) is 8.73. The topological polar surface area (TPSA) is 35.2 Å². The molecule has 2 atom stereocenters. The van der Waals surface area contributed by atoms with Gasteiger partial charge >= 0.3 is 0 Å². The van der Waals surface area contributed by atoms with Gasteiger partial charge < -0.3 is 10.5 Å². The first-order valence-corrected chi connectivity index (χ1v) is 4.78. The van der Waals surface area contributed by atoms with E-state index in [0.717, 1.165) is 19.6 Å². The van der Waals surface area contributed by atoms with Crippen molar-refractivity contribution in [1.29, 1.82) is 0 Å². The molecule has 1 aliphatic heterocycles. The van der Waals surface area contributed by atoms with Crippen LogP contribution in [0.25, 0.3) is 0 Å². The number of hydrogen-bond donors (Lipinski definition) is 1. The first-order chi connectivity index (χ1) is 6.42. The highest BCUT2D eigenvalue weighted by Crippen LogP contribution is 2.33. The molecule has 0 saturated carbocycles. The minimum absolute atomic E-state index is 0.228. The van der Waals surface area contributed by atoms with E-state index in [0.29, 0.717) is 5.92 Å². The molecule has 1 heterocycles. The largest absolute Gasteiger partial charge is 0.373 e. The van der Waals surface area contributed by atoms with E-state index in [4.69, 9.17) is 10.5 Å². The minimum atomic E-state index is 0.228. The van der Waals surface area contributed by atoms with Crippen molar-refractivity contribution in [2.24, 2.45) is 11.7 Å². The third kappa shape index (κ3) is 1.74. The molecular weight excluding hydrogens is 162 g/mol. The van der Waals surface area contributed by atoms with Gasteiger partial charge in [0.25, 0.3) is 0 Å². The SMILES string of the molecule is NC[C@H]1CCO[C@@H]1c1ccccc1. The predicted molar refractivity (Wildman–Crippen MR) is 52.3 cm³/mol. The zero-order valence-electron chi connectivity index (χ0n) is 7.65. The van der Waals surface area contributed by atoms with Crippen LogP contribution < -0.4 is 5.73 Å². The van der Waals surface area contributed by atoms with Crippen LogP contribution in [0.4, 0.5) is 0 Å². The normalized spacial score (nSPS) is 27.8. The minimum Gasteiger partial charge on any atom is -0.373 e. The number of rotatable bonds is 2. The lowest BCUT2D eigenvalue weighted by molar-refractivity contribution is 0.0925. The molecule has 0 aliphatic carbocycles. The predicted octanol–water partition coefficient (Wildman–Crippen LogP) is 1.72. The Morgan fingerprint density at radius 3 is 2.77 bits per heavy atom. The summed E-state index contributed by atoms with van der Waals surface area (Å²) < 4.78 is 5.66. The standard InChI is InChI=1S/C11H15NO/c12-8-10-6-7-13-11(10)9-4-2-1-3-5-9/h1-5,10-11H,6-8,12H2/t10-,11-/m1/s1. The fraction of sp³-hybridized carbons (Fsp3) is 0.455. The summed E-state index contributed by atoms with van der Waals surface area (Å²) in [5.74, 6) is 0.502. The van der Waals surface area contributed by atoms with Crippen LogP contribution in [0.15, 0.2) is 30.3 Å². The van der Waals surface area contributed by atoms with E-state index in [1.807, 2.05) is 18.2 Å². The summed E-state index contributed by atoms with van der Waals surface area (Å²) in [5.41, 5.74) is 6.94. The third-order valence-electron chi connectivity index (χ3n) is 2.65. The molecule has 1 aromatic carbocycles.